The lowest BCUT2D eigenvalue weighted by Gasteiger charge is -2.16. The maximum Gasteiger partial charge on any atom is 0.339 e. The molecule has 0 saturated heterocycles. The van der Waals surface area contributed by atoms with E-state index in [1.807, 2.05) is 30.3 Å². The minimum absolute atomic E-state index is 0.247. The maximum atomic E-state index is 13.2. The number of benzene rings is 2. The van der Waals surface area contributed by atoms with E-state index in [1.165, 1.54) is 0 Å². The number of carbonyl (C=O) groups excluding carboxylic acids is 1. The lowest BCUT2D eigenvalue weighted by Crippen LogP contribution is -2.18. The van der Waals surface area contributed by atoms with Gasteiger partial charge >= 0.3 is 5.97 Å². The number of carbonyl (C=O) groups is 1. The highest BCUT2D eigenvalue weighted by Crippen LogP contribution is 2.31. The number of aromatic nitrogens is 3. The molecule has 0 spiro atoms. The van der Waals surface area contributed by atoms with Gasteiger partial charge in [0.2, 0.25) is 0 Å². The molecule has 6 nitrogen and oxygen atoms in total. The average molecular weight is 385 g/mol. The molecule has 2 heterocycles. The molecule has 0 unspecified atom stereocenters. The quantitative estimate of drug-likeness (QED) is 0.541. The number of hydrogen-bond acceptors (Lipinski definition) is 5. The number of ether oxygens (including phenoxy) is 1. The van der Waals surface area contributed by atoms with Crippen molar-refractivity contribution in [1.82, 2.24) is 15.0 Å². The van der Waals surface area contributed by atoms with Gasteiger partial charge in [0, 0.05) is 11.1 Å². The van der Waals surface area contributed by atoms with Crippen molar-refractivity contribution in [2.45, 2.75) is 32.3 Å². The normalized spacial score (nSPS) is 14.1. The van der Waals surface area contributed by atoms with E-state index in [2.05, 4.69) is 9.97 Å². The summed E-state index contributed by atoms with van der Waals surface area (Å²) in [6.07, 6.45) is 1.98. The molecule has 0 amide bonds. The summed E-state index contributed by atoms with van der Waals surface area (Å²) in [4.78, 5) is 37.5. The minimum Gasteiger partial charge on any atom is -0.451 e. The van der Waals surface area contributed by atoms with Crippen molar-refractivity contribution in [3.8, 4) is 0 Å². The lowest BCUT2D eigenvalue weighted by atomic mass is 10.0. The first kappa shape index (κ1) is 17.6. The fourth-order valence-corrected chi connectivity index (χ4v) is 4.02. The van der Waals surface area contributed by atoms with E-state index < -0.39 is 12.1 Å². The van der Waals surface area contributed by atoms with Crippen LogP contribution in [0.5, 0.6) is 0 Å². The van der Waals surface area contributed by atoms with Gasteiger partial charge in [0.15, 0.2) is 11.9 Å². The lowest BCUT2D eigenvalue weighted by molar-refractivity contribution is 0.0321. The Morgan fingerprint density at radius 3 is 2.48 bits per heavy atom. The smallest absolute Gasteiger partial charge is 0.339 e. The molecule has 29 heavy (non-hydrogen) atoms. The highest BCUT2D eigenvalue weighted by Gasteiger charge is 2.26. The topological polar surface area (TPSA) is 84.9 Å². The Kier molecular flexibility index (Phi) is 4.12. The number of rotatable bonds is 3. The van der Waals surface area contributed by atoms with Crippen molar-refractivity contribution in [1.29, 1.82) is 0 Å². The van der Waals surface area contributed by atoms with Gasteiger partial charge in [0.25, 0.3) is 5.56 Å². The predicted octanol–water partition coefficient (Wildman–Crippen LogP) is 3.88. The van der Waals surface area contributed by atoms with Gasteiger partial charge in [0.05, 0.1) is 22.0 Å². The van der Waals surface area contributed by atoms with Gasteiger partial charge in [-0.15, -0.1) is 0 Å². The number of nitrogens with one attached hydrogen (secondary N) is 1. The molecule has 1 aliphatic rings. The molecule has 1 atom stereocenters. The van der Waals surface area contributed by atoms with E-state index in [1.54, 1.807) is 25.1 Å². The zero-order valence-corrected chi connectivity index (χ0v) is 15.9. The maximum absolute atomic E-state index is 13.2. The Morgan fingerprint density at radius 2 is 1.69 bits per heavy atom. The SMILES string of the molecule is C[C@H](OC(=O)c1c2c(nc3ccccc13)CCC2)c1nc2ccccc2c(=O)[nH]1. The number of aromatic amines is 1. The number of nitrogens with zero attached hydrogens (tertiary/aromatic N) is 2. The highest BCUT2D eigenvalue weighted by molar-refractivity contribution is 6.05. The van der Waals surface area contributed by atoms with Gasteiger partial charge in [-0.1, -0.05) is 30.3 Å². The van der Waals surface area contributed by atoms with Gasteiger partial charge < -0.3 is 9.72 Å². The molecule has 1 aliphatic carbocycles. The van der Waals surface area contributed by atoms with E-state index in [0.717, 1.165) is 41.4 Å². The number of para-hydroxylation sites is 2. The van der Waals surface area contributed by atoms with Crippen LogP contribution in [-0.4, -0.2) is 20.9 Å². The van der Waals surface area contributed by atoms with Crippen LogP contribution in [0.25, 0.3) is 21.8 Å². The summed E-state index contributed by atoms with van der Waals surface area (Å²) in [6.45, 7) is 1.72. The third-order valence-corrected chi connectivity index (χ3v) is 5.42. The molecule has 1 N–H and O–H groups in total. The molecular weight excluding hydrogens is 366 g/mol. The van der Waals surface area contributed by atoms with Crippen molar-refractivity contribution in [2.24, 2.45) is 0 Å². The van der Waals surface area contributed by atoms with Crippen molar-refractivity contribution in [2.75, 3.05) is 0 Å². The standard InChI is InChI=1S/C23H19N3O3/c1-13(21-25-19-11-5-3-8-16(19)22(27)26-21)29-23(28)20-14-7-2-4-10-17(14)24-18-12-6-9-15(18)20/h2-5,7-8,10-11,13H,6,9,12H2,1H3,(H,25,26,27)/t13-/m0/s1. The Labute approximate surface area is 166 Å². The summed E-state index contributed by atoms with van der Waals surface area (Å²) < 4.78 is 5.76. The fraction of sp³-hybridized carbons (Fsp3) is 0.217. The third kappa shape index (κ3) is 2.97. The van der Waals surface area contributed by atoms with Gasteiger partial charge in [-0.25, -0.2) is 9.78 Å². The van der Waals surface area contributed by atoms with Crippen LogP contribution in [0.2, 0.25) is 0 Å². The molecule has 0 saturated carbocycles. The first-order valence-corrected chi connectivity index (χ1v) is 9.72. The Morgan fingerprint density at radius 1 is 1.00 bits per heavy atom. The van der Waals surface area contributed by atoms with Crippen LogP contribution in [0.3, 0.4) is 0 Å². The molecule has 0 radical (unpaired) electrons. The van der Waals surface area contributed by atoms with Crippen molar-refractivity contribution in [3.63, 3.8) is 0 Å². The van der Waals surface area contributed by atoms with Crippen LogP contribution in [-0.2, 0) is 17.6 Å². The van der Waals surface area contributed by atoms with Crippen molar-refractivity contribution < 1.29 is 9.53 Å². The molecule has 0 fully saturated rings. The molecule has 0 bridgehead atoms. The summed E-state index contributed by atoms with van der Waals surface area (Å²) >= 11 is 0. The van der Waals surface area contributed by atoms with Crippen LogP contribution in [0.1, 0.15) is 46.9 Å². The highest BCUT2D eigenvalue weighted by atomic mass is 16.5. The average Bonchev–Trinajstić information content (AvgIpc) is 3.19. The second kappa shape index (κ2) is 6.81. The first-order chi connectivity index (χ1) is 14.1. The number of pyridine rings is 1. The third-order valence-electron chi connectivity index (χ3n) is 5.42. The Balaban J connectivity index is 1.54. The molecule has 6 heteroatoms. The largest absolute Gasteiger partial charge is 0.451 e. The zero-order valence-electron chi connectivity index (χ0n) is 15.9. The summed E-state index contributed by atoms with van der Waals surface area (Å²) in [7, 11) is 0. The second-order valence-electron chi connectivity index (χ2n) is 7.30. The van der Waals surface area contributed by atoms with E-state index in [-0.39, 0.29) is 5.56 Å². The molecule has 4 aromatic rings. The summed E-state index contributed by atoms with van der Waals surface area (Å²) in [5.41, 5.74) is 3.65. The monoisotopic (exact) mass is 385 g/mol. The molecular formula is C23H19N3O3. The van der Waals surface area contributed by atoms with Crippen LogP contribution in [0, 0.1) is 0 Å². The molecule has 2 aromatic heterocycles. The summed E-state index contributed by atoms with van der Waals surface area (Å²) in [6, 6.07) is 14.7. The van der Waals surface area contributed by atoms with Gasteiger partial charge in [-0.3, -0.25) is 9.78 Å². The summed E-state index contributed by atoms with van der Waals surface area (Å²) in [5.74, 6) is -0.0814. The van der Waals surface area contributed by atoms with Gasteiger partial charge in [-0.2, -0.15) is 0 Å². The van der Waals surface area contributed by atoms with Crippen LogP contribution >= 0.6 is 0 Å². The Hall–Kier alpha value is -3.54. The molecule has 144 valence electrons. The number of aryl methyl sites for hydroxylation is 1. The molecule has 0 aliphatic heterocycles. The first-order valence-electron chi connectivity index (χ1n) is 9.72. The van der Waals surface area contributed by atoms with Crippen LogP contribution in [0.4, 0.5) is 0 Å². The molecule has 2 aromatic carbocycles. The van der Waals surface area contributed by atoms with E-state index in [0.29, 0.717) is 22.3 Å². The second-order valence-corrected chi connectivity index (χ2v) is 7.30. The number of fused-ring (bicyclic) bond motifs is 3. The zero-order chi connectivity index (χ0) is 20.0. The van der Waals surface area contributed by atoms with Crippen molar-refractivity contribution >= 4 is 27.8 Å². The Bertz CT molecular complexity index is 1330. The molecule has 5 rings (SSSR count). The van der Waals surface area contributed by atoms with E-state index in [9.17, 15) is 9.59 Å². The summed E-state index contributed by atoms with van der Waals surface area (Å²) in [5, 5.41) is 1.30. The predicted molar refractivity (Wildman–Crippen MR) is 110 cm³/mol. The van der Waals surface area contributed by atoms with Crippen LogP contribution < -0.4 is 5.56 Å². The van der Waals surface area contributed by atoms with Crippen molar-refractivity contribution in [3.05, 3.63) is 81.5 Å². The number of esters is 1. The van der Waals surface area contributed by atoms with Gasteiger partial charge in [-0.05, 0) is 49.9 Å². The fourth-order valence-electron chi connectivity index (χ4n) is 4.02. The van der Waals surface area contributed by atoms with E-state index in [4.69, 9.17) is 9.72 Å². The number of H-pyrrole nitrogens is 1. The minimum atomic E-state index is -0.691. The number of hydrogen-bond donors (Lipinski definition) is 1. The van der Waals surface area contributed by atoms with Crippen LogP contribution in [0.15, 0.2) is 53.3 Å². The van der Waals surface area contributed by atoms with Gasteiger partial charge in [0.1, 0.15) is 0 Å². The van der Waals surface area contributed by atoms with E-state index >= 15 is 0 Å².